The van der Waals surface area contributed by atoms with Gasteiger partial charge in [-0.05, 0) is 29.8 Å². The van der Waals surface area contributed by atoms with Gasteiger partial charge in [-0.1, -0.05) is 42.5 Å². The van der Waals surface area contributed by atoms with E-state index in [1.54, 1.807) is 43.8 Å². The van der Waals surface area contributed by atoms with Crippen molar-refractivity contribution in [1.29, 1.82) is 0 Å². The van der Waals surface area contributed by atoms with Crippen LogP contribution in [0.15, 0.2) is 90.2 Å². The molecule has 158 valence electrons. The SMILES string of the molecule is CN(CCNCc1ccc(-c2ccccn2)cc1)S(=O)(=O)c1cccc2cnccc12. The molecule has 1 N–H and O–H groups in total. The summed E-state index contributed by atoms with van der Waals surface area (Å²) < 4.78 is 27.5. The standard InChI is InChI=1S/C24H24N4O2S/c1-28(31(29,30)24-7-4-5-21-18-25-14-12-22(21)24)16-15-26-17-19-8-10-20(11-9-19)23-6-2-3-13-27-23/h2-14,18,26H,15-17H2,1H3. The average Bonchev–Trinajstić information content (AvgIpc) is 2.82. The van der Waals surface area contributed by atoms with Crippen molar-refractivity contribution in [3.05, 3.63) is 90.9 Å². The molecule has 0 saturated carbocycles. The summed E-state index contributed by atoms with van der Waals surface area (Å²) in [5.41, 5.74) is 3.14. The first-order valence-electron chi connectivity index (χ1n) is 10.1. The van der Waals surface area contributed by atoms with Gasteiger partial charge in [0.05, 0.1) is 10.6 Å². The number of sulfonamides is 1. The van der Waals surface area contributed by atoms with Gasteiger partial charge in [0.25, 0.3) is 0 Å². The Morgan fingerprint density at radius 1 is 0.935 bits per heavy atom. The second-order valence-corrected chi connectivity index (χ2v) is 9.28. The fourth-order valence-corrected chi connectivity index (χ4v) is 4.78. The Morgan fingerprint density at radius 2 is 1.77 bits per heavy atom. The van der Waals surface area contributed by atoms with Crippen LogP contribution in [0.5, 0.6) is 0 Å². The summed E-state index contributed by atoms with van der Waals surface area (Å²) in [6, 6.07) is 21.1. The average molecular weight is 433 g/mol. The molecule has 2 aromatic heterocycles. The normalized spacial score (nSPS) is 11.8. The van der Waals surface area contributed by atoms with Crippen LogP contribution in [0.4, 0.5) is 0 Å². The molecule has 0 aliphatic heterocycles. The van der Waals surface area contributed by atoms with E-state index in [2.05, 4.69) is 27.4 Å². The van der Waals surface area contributed by atoms with Gasteiger partial charge in [0.15, 0.2) is 0 Å². The number of pyridine rings is 2. The third kappa shape index (κ3) is 4.80. The van der Waals surface area contributed by atoms with Crippen molar-refractivity contribution in [1.82, 2.24) is 19.6 Å². The van der Waals surface area contributed by atoms with Crippen LogP contribution in [-0.2, 0) is 16.6 Å². The highest BCUT2D eigenvalue weighted by Crippen LogP contribution is 2.24. The lowest BCUT2D eigenvalue weighted by Crippen LogP contribution is -2.33. The van der Waals surface area contributed by atoms with Gasteiger partial charge in [0, 0.05) is 61.6 Å². The summed E-state index contributed by atoms with van der Waals surface area (Å²) in [6.07, 6.45) is 5.07. The van der Waals surface area contributed by atoms with Crippen molar-refractivity contribution in [2.24, 2.45) is 0 Å². The van der Waals surface area contributed by atoms with Gasteiger partial charge in [-0.15, -0.1) is 0 Å². The lowest BCUT2D eigenvalue weighted by atomic mass is 10.1. The summed E-state index contributed by atoms with van der Waals surface area (Å²) in [5.74, 6) is 0. The fraction of sp³-hybridized carbons (Fsp3) is 0.167. The minimum atomic E-state index is -3.59. The summed E-state index contributed by atoms with van der Waals surface area (Å²) in [4.78, 5) is 8.74. The molecule has 2 heterocycles. The number of likely N-dealkylation sites (N-methyl/N-ethyl adjacent to an activating group) is 1. The zero-order chi connectivity index (χ0) is 21.7. The molecule has 0 saturated heterocycles. The van der Waals surface area contributed by atoms with E-state index in [-0.39, 0.29) is 0 Å². The van der Waals surface area contributed by atoms with E-state index in [1.807, 2.05) is 36.4 Å². The van der Waals surface area contributed by atoms with Crippen LogP contribution in [0.2, 0.25) is 0 Å². The predicted molar refractivity (Wildman–Crippen MR) is 123 cm³/mol. The Kier molecular flexibility index (Phi) is 6.36. The van der Waals surface area contributed by atoms with Gasteiger partial charge in [-0.2, -0.15) is 4.31 Å². The Morgan fingerprint density at radius 3 is 2.55 bits per heavy atom. The van der Waals surface area contributed by atoms with Crippen molar-refractivity contribution in [3.63, 3.8) is 0 Å². The number of rotatable bonds is 8. The number of hydrogen-bond acceptors (Lipinski definition) is 5. The molecule has 31 heavy (non-hydrogen) atoms. The number of benzene rings is 2. The molecule has 0 fully saturated rings. The van der Waals surface area contributed by atoms with Crippen molar-refractivity contribution in [2.45, 2.75) is 11.4 Å². The zero-order valence-corrected chi connectivity index (χ0v) is 18.1. The van der Waals surface area contributed by atoms with Gasteiger partial charge >= 0.3 is 0 Å². The Balaban J connectivity index is 1.34. The topological polar surface area (TPSA) is 75.2 Å². The van der Waals surface area contributed by atoms with E-state index in [4.69, 9.17) is 0 Å². The third-order valence-corrected chi connectivity index (χ3v) is 7.09. The maximum atomic E-state index is 13.1. The minimum Gasteiger partial charge on any atom is -0.311 e. The Bertz CT molecular complexity index is 1250. The molecular formula is C24H24N4O2S. The Hall–Kier alpha value is -3.13. The number of nitrogens with zero attached hydrogens (tertiary/aromatic N) is 3. The molecule has 0 unspecified atom stereocenters. The number of fused-ring (bicyclic) bond motifs is 1. The smallest absolute Gasteiger partial charge is 0.243 e. The molecule has 0 atom stereocenters. The molecule has 4 aromatic rings. The maximum absolute atomic E-state index is 13.1. The molecule has 0 aliphatic carbocycles. The van der Waals surface area contributed by atoms with Crippen LogP contribution in [0, 0.1) is 0 Å². The second kappa shape index (κ2) is 9.34. The molecule has 6 nitrogen and oxygen atoms in total. The fourth-order valence-electron chi connectivity index (χ4n) is 3.40. The summed E-state index contributed by atoms with van der Waals surface area (Å²) >= 11 is 0. The van der Waals surface area contributed by atoms with E-state index in [0.29, 0.717) is 29.9 Å². The monoisotopic (exact) mass is 432 g/mol. The highest BCUT2D eigenvalue weighted by molar-refractivity contribution is 7.89. The Labute approximate surface area is 182 Å². The highest BCUT2D eigenvalue weighted by Gasteiger charge is 2.22. The first-order valence-corrected chi connectivity index (χ1v) is 11.5. The maximum Gasteiger partial charge on any atom is 0.243 e. The minimum absolute atomic E-state index is 0.306. The van der Waals surface area contributed by atoms with Crippen molar-refractivity contribution < 1.29 is 8.42 Å². The van der Waals surface area contributed by atoms with Gasteiger partial charge < -0.3 is 5.32 Å². The van der Waals surface area contributed by atoms with Crippen LogP contribution in [0.25, 0.3) is 22.0 Å². The van der Waals surface area contributed by atoms with E-state index < -0.39 is 10.0 Å². The van der Waals surface area contributed by atoms with E-state index in [0.717, 1.165) is 22.2 Å². The zero-order valence-electron chi connectivity index (χ0n) is 17.3. The van der Waals surface area contributed by atoms with Gasteiger partial charge in [0.2, 0.25) is 10.0 Å². The van der Waals surface area contributed by atoms with Crippen LogP contribution < -0.4 is 5.32 Å². The lowest BCUT2D eigenvalue weighted by Gasteiger charge is -2.18. The van der Waals surface area contributed by atoms with E-state index in [1.165, 1.54) is 4.31 Å². The molecule has 2 aromatic carbocycles. The highest BCUT2D eigenvalue weighted by atomic mass is 32.2. The molecule has 0 aliphatic rings. The van der Waals surface area contributed by atoms with Crippen LogP contribution in [0.3, 0.4) is 0 Å². The number of aromatic nitrogens is 2. The summed E-state index contributed by atoms with van der Waals surface area (Å²) in [7, 11) is -1.98. The summed E-state index contributed by atoms with van der Waals surface area (Å²) in [5, 5.41) is 4.82. The van der Waals surface area contributed by atoms with Gasteiger partial charge in [0.1, 0.15) is 0 Å². The van der Waals surface area contributed by atoms with E-state index in [9.17, 15) is 8.42 Å². The largest absolute Gasteiger partial charge is 0.311 e. The molecule has 0 radical (unpaired) electrons. The third-order valence-electron chi connectivity index (χ3n) is 5.18. The van der Waals surface area contributed by atoms with Crippen LogP contribution in [0.1, 0.15) is 5.56 Å². The first kappa shape index (κ1) is 21.1. The number of nitrogens with one attached hydrogen (secondary N) is 1. The predicted octanol–water partition coefficient (Wildman–Crippen LogP) is 3.71. The van der Waals surface area contributed by atoms with Crippen LogP contribution >= 0.6 is 0 Å². The number of hydrogen-bond donors (Lipinski definition) is 1. The molecular weight excluding hydrogens is 408 g/mol. The molecule has 4 rings (SSSR count). The molecule has 0 amide bonds. The van der Waals surface area contributed by atoms with E-state index >= 15 is 0 Å². The lowest BCUT2D eigenvalue weighted by molar-refractivity contribution is 0.459. The van der Waals surface area contributed by atoms with Crippen molar-refractivity contribution in [3.8, 4) is 11.3 Å². The van der Waals surface area contributed by atoms with Gasteiger partial charge in [-0.3, -0.25) is 9.97 Å². The van der Waals surface area contributed by atoms with Gasteiger partial charge in [-0.25, -0.2) is 8.42 Å². The van der Waals surface area contributed by atoms with Crippen LogP contribution in [-0.4, -0.2) is 42.8 Å². The molecule has 0 spiro atoms. The molecule has 0 bridgehead atoms. The molecule has 7 heteroatoms. The second-order valence-electron chi connectivity index (χ2n) is 7.27. The quantitative estimate of drug-likeness (QED) is 0.430. The van der Waals surface area contributed by atoms with Crippen molar-refractivity contribution >= 4 is 20.8 Å². The summed E-state index contributed by atoms with van der Waals surface area (Å²) in [6.45, 7) is 1.58. The first-order chi connectivity index (χ1) is 15.1. The van der Waals surface area contributed by atoms with Crippen molar-refractivity contribution in [2.75, 3.05) is 20.1 Å².